The van der Waals surface area contributed by atoms with Crippen LogP contribution < -0.4 is 4.90 Å². The first-order valence-electron chi connectivity index (χ1n) is 5.94. The van der Waals surface area contributed by atoms with Gasteiger partial charge in [-0.3, -0.25) is 0 Å². The molecule has 4 nitrogen and oxygen atoms in total. The molecule has 0 saturated heterocycles. The summed E-state index contributed by atoms with van der Waals surface area (Å²) in [6, 6.07) is 11.8. The van der Waals surface area contributed by atoms with Crippen molar-refractivity contribution in [3.63, 3.8) is 0 Å². The SMILES string of the molecule is Cc1cc(N(C)CCO)nc(-c2ccccc2)n1. The van der Waals surface area contributed by atoms with Gasteiger partial charge in [-0.05, 0) is 6.92 Å². The van der Waals surface area contributed by atoms with Crippen LogP contribution >= 0.6 is 0 Å². The second-order valence-corrected chi connectivity index (χ2v) is 4.20. The van der Waals surface area contributed by atoms with Crippen molar-refractivity contribution in [2.75, 3.05) is 25.1 Å². The Morgan fingerprint density at radius 1 is 1.17 bits per heavy atom. The van der Waals surface area contributed by atoms with Crippen LogP contribution in [0.1, 0.15) is 5.69 Å². The van der Waals surface area contributed by atoms with Gasteiger partial charge in [0.25, 0.3) is 0 Å². The molecule has 0 bridgehead atoms. The van der Waals surface area contributed by atoms with Crippen LogP contribution in [0, 0.1) is 6.92 Å². The molecule has 0 radical (unpaired) electrons. The summed E-state index contributed by atoms with van der Waals surface area (Å²) in [5.41, 5.74) is 1.92. The molecule has 4 heteroatoms. The second-order valence-electron chi connectivity index (χ2n) is 4.20. The molecular weight excluding hydrogens is 226 g/mol. The first-order valence-corrected chi connectivity index (χ1v) is 5.94. The van der Waals surface area contributed by atoms with Crippen LogP contribution in [0.2, 0.25) is 0 Å². The molecule has 1 N–H and O–H groups in total. The van der Waals surface area contributed by atoms with Gasteiger partial charge >= 0.3 is 0 Å². The Labute approximate surface area is 107 Å². The molecule has 18 heavy (non-hydrogen) atoms. The van der Waals surface area contributed by atoms with Gasteiger partial charge in [-0.2, -0.15) is 0 Å². The third kappa shape index (κ3) is 2.84. The van der Waals surface area contributed by atoms with Crippen molar-refractivity contribution in [1.29, 1.82) is 0 Å². The zero-order chi connectivity index (χ0) is 13.0. The van der Waals surface area contributed by atoms with Crippen molar-refractivity contribution in [1.82, 2.24) is 9.97 Å². The number of hydrogen-bond donors (Lipinski definition) is 1. The fraction of sp³-hybridized carbons (Fsp3) is 0.286. The molecule has 0 fully saturated rings. The van der Waals surface area contributed by atoms with Crippen molar-refractivity contribution in [2.24, 2.45) is 0 Å². The molecule has 0 spiro atoms. The van der Waals surface area contributed by atoms with E-state index in [1.54, 1.807) is 0 Å². The number of benzene rings is 1. The van der Waals surface area contributed by atoms with E-state index in [0.29, 0.717) is 6.54 Å². The van der Waals surface area contributed by atoms with Crippen LogP contribution in [0.15, 0.2) is 36.4 Å². The molecule has 0 atom stereocenters. The highest BCUT2D eigenvalue weighted by Crippen LogP contribution is 2.18. The number of aliphatic hydroxyl groups is 1. The molecule has 2 aromatic rings. The van der Waals surface area contributed by atoms with Gasteiger partial charge in [-0.25, -0.2) is 9.97 Å². The minimum Gasteiger partial charge on any atom is -0.395 e. The van der Waals surface area contributed by atoms with E-state index in [1.165, 1.54) is 0 Å². The lowest BCUT2D eigenvalue weighted by Gasteiger charge is -2.17. The number of aliphatic hydroxyl groups excluding tert-OH is 1. The Bertz CT molecular complexity index is 514. The van der Waals surface area contributed by atoms with Crippen molar-refractivity contribution >= 4 is 5.82 Å². The van der Waals surface area contributed by atoms with Crippen LogP contribution in [0.5, 0.6) is 0 Å². The summed E-state index contributed by atoms with van der Waals surface area (Å²) < 4.78 is 0. The third-order valence-corrected chi connectivity index (χ3v) is 2.70. The Hall–Kier alpha value is -1.94. The predicted molar refractivity (Wildman–Crippen MR) is 72.6 cm³/mol. The van der Waals surface area contributed by atoms with Gasteiger partial charge in [0.1, 0.15) is 5.82 Å². The van der Waals surface area contributed by atoms with Gasteiger partial charge in [-0.1, -0.05) is 30.3 Å². The molecule has 1 aromatic carbocycles. The average molecular weight is 243 g/mol. The van der Waals surface area contributed by atoms with E-state index < -0.39 is 0 Å². The number of rotatable bonds is 4. The monoisotopic (exact) mass is 243 g/mol. The van der Waals surface area contributed by atoms with Crippen molar-refractivity contribution in [2.45, 2.75) is 6.92 Å². The van der Waals surface area contributed by atoms with E-state index in [1.807, 2.05) is 55.3 Å². The molecule has 1 aromatic heterocycles. The lowest BCUT2D eigenvalue weighted by atomic mass is 10.2. The Morgan fingerprint density at radius 2 is 1.89 bits per heavy atom. The molecule has 2 rings (SSSR count). The van der Waals surface area contributed by atoms with E-state index >= 15 is 0 Å². The first-order chi connectivity index (χ1) is 8.70. The van der Waals surface area contributed by atoms with Crippen molar-refractivity contribution in [3.05, 3.63) is 42.1 Å². The summed E-state index contributed by atoms with van der Waals surface area (Å²) in [5, 5.41) is 8.97. The summed E-state index contributed by atoms with van der Waals surface area (Å²) in [5.74, 6) is 1.55. The van der Waals surface area contributed by atoms with Crippen LogP contribution in [0.25, 0.3) is 11.4 Å². The maximum Gasteiger partial charge on any atom is 0.161 e. The highest BCUT2D eigenvalue weighted by Gasteiger charge is 2.07. The van der Waals surface area contributed by atoms with Crippen LogP contribution in [0.3, 0.4) is 0 Å². The van der Waals surface area contributed by atoms with Crippen molar-refractivity contribution < 1.29 is 5.11 Å². The molecule has 0 aliphatic carbocycles. The minimum absolute atomic E-state index is 0.111. The highest BCUT2D eigenvalue weighted by molar-refractivity contribution is 5.57. The smallest absolute Gasteiger partial charge is 0.161 e. The molecule has 0 saturated carbocycles. The summed E-state index contributed by atoms with van der Waals surface area (Å²) >= 11 is 0. The van der Waals surface area contributed by atoms with Crippen LogP contribution in [-0.2, 0) is 0 Å². The largest absolute Gasteiger partial charge is 0.395 e. The maximum atomic E-state index is 8.97. The van der Waals surface area contributed by atoms with E-state index in [-0.39, 0.29) is 6.61 Å². The van der Waals surface area contributed by atoms with Gasteiger partial charge < -0.3 is 10.0 Å². The number of anilines is 1. The fourth-order valence-corrected chi connectivity index (χ4v) is 1.73. The number of nitrogens with zero attached hydrogens (tertiary/aromatic N) is 3. The Morgan fingerprint density at radius 3 is 2.56 bits per heavy atom. The predicted octanol–water partition coefficient (Wildman–Crippen LogP) is 1.88. The average Bonchev–Trinajstić information content (AvgIpc) is 2.39. The topological polar surface area (TPSA) is 49.2 Å². The lowest BCUT2D eigenvalue weighted by molar-refractivity contribution is 0.304. The number of likely N-dealkylation sites (N-methyl/N-ethyl adjacent to an activating group) is 1. The van der Waals surface area contributed by atoms with Gasteiger partial charge in [-0.15, -0.1) is 0 Å². The molecule has 1 heterocycles. The molecule has 0 unspecified atom stereocenters. The van der Waals surface area contributed by atoms with Gasteiger partial charge in [0.15, 0.2) is 5.82 Å². The molecular formula is C14H17N3O. The Kier molecular flexibility index (Phi) is 3.89. The molecule has 0 amide bonds. The first kappa shape index (κ1) is 12.5. The molecule has 0 aliphatic heterocycles. The zero-order valence-electron chi connectivity index (χ0n) is 10.7. The van der Waals surface area contributed by atoms with E-state index in [2.05, 4.69) is 9.97 Å². The van der Waals surface area contributed by atoms with Gasteiger partial charge in [0.05, 0.1) is 6.61 Å². The lowest BCUT2D eigenvalue weighted by Crippen LogP contribution is -2.22. The second kappa shape index (κ2) is 5.60. The van der Waals surface area contributed by atoms with Gasteiger partial charge in [0, 0.05) is 30.9 Å². The minimum atomic E-state index is 0.111. The molecule has 94 valence electrons. The quantitative estimate of drug-likeness (QED) is 0.890. The number of aromatic nitrogens is 2. The summed E-state index contributed by atoms with van der Waals surface area (Å²) in [4.78, 5) is 10.9. The summed E-state index contributed by atoms with van der Waals surface area (Å²) in [6.07, 6.45) is 0. The van der Waals surface area contributed by atoms with Crippen molar-refractivity contribution in [3.8, 4) is 11.4 Å². The third-order valence-electron chi connectivity index (χ3n) is 2.70. The zero-order valence-corrected chi connectivity index (χ0v) is 10.7. The molecule has 0 aliphatic rings. The van der Waals surface area contributed by atoms with E-state index in [0.717, 1.165) is 22.9 Å². The standard InChI is InChI=1S/C14H17N3O/c1-11-10-13(17(2)8-9-18)16-14(15-11)12-6-4-3-5-7-12/h3-7,10,18H,8-9H2,1-2H3. The van der Waals surface area contributed by atoms with Crippen LogP contribution in [0.4, 0.5) is 5.82 Å². The number of hydrogen-bond acceptors (Lipinski definition) is 4. The number of aryl methyl sites for hydroxylation is 1. The maximum absolute atomic E-state index is 8.97. The highest BCUT2D eigenvalue weighted by atomic mass is 16.3. The Balaban J connectivity index is 2.38. The van der Waals surface area contributed by atoms with Crippen LogP contribution in [-0.4, -0.2) is 35.3 Å². The summed E-state index contributed by atoms with van der Waals surface area (Å²) in [6.45, 7) is 2.62. The normalized spacial score (nSPS) is 10.4. The van der Waals surface area contributed by atoms with Gasteiger partial charge in [0.2, 0.25) is 0 Å². The van der Waals surface area contributed by atoms with E-state index in [9.17, 15) is 0 Å². The fourth-order valence-electron chi connectivity index (χ4n) is 1.73. The summed E-state index contributed by atoms with van der Waals surface area (Å²) in [7, 11) is 1.91. The van der Waals surface area contributed by atoms with E-state index in [4.69, 9.17) is 5.11 Å².